The fourth-order valence-electron chi connectivity index (χ4n) is 1.93. The second-order valence-electron chi connectivity index (χ2n) is 3.66. The highest BCUT2D eigenvalue weighted by molar-refractivity contribution is 6.03. The van der Waals surface area contributed by atoms with Gasteiger partial charge < -0.3 is 9.97 Å². The van der Waals surface area contributed by atoms with Gasteiger partial charge in [-0.2, -0.15) is 0 Å². The molecule has 0 amide bonds. The zero-order valence-electron chi connectivity index (χ0n) is 8.18. The summed E-state index contributed by atoms with van der Waals surface area (Å²) < 4.78 is 0. The lowest BCUT2D eigenvalue weighted by molar-refractivity contribution is 1.25. The molecule has 0 unspecified atom stereocenters. The van der Waals surface area contributed by atoms with Crippen molar-refractivity contribution in [3.05, 3.63) is 29.7 Å². The van der Waals surface area contributed by atoms with Gasteiger partial charge >= 0.3 is 0 Å². The number of nitrogens with one attached hydrogen (secondary N) is 2. The predicted molar refractivity (Wildman–Crippen MR) is 57.4 cm³/mol. The van der Waals surface area contributed by atoms with Gasteiger partial charge in [-0.3, -0.25) is 0 Å². The van der Waals surface area contributed by atoms with Crippen LogP contribution in [0.25, 0.3) is 21.9 Å². The van der Waals surface area contributed by atoms with Crippen LogP contribution in [0.1, 0.15) is 11.3 Å². The molecule has 0 aliphatic rings. The van der Waals surface area contributed by atoms with Gasteiger partial charge in [-0.05, 0) is 25.5 Å². The Morgan fingerprint density at radius 3 is 2.93 bits per heavy atom. The Kier molecular flexibility index (Phi) is 1.29. The quantitative estimate of drug-likeness (QED) is 0.555. The summed E-state index contributed by atoms with van der Waals surface area (Å²) in [5, 5.41) is 1.27. The number of hydrogen-bond donors (Lipinski definition) is 2. The Labute approximate surface area is 81.2 Å². The number of fused-ring (bicyclic) bond motifs is 3. The third kappa shape index (κ3) is 0.789. The van der Waals surface area contributed by atoms with Crippen LogP contribution in [0.4, 0.5) is 0 Å². The highest BCUT2D eigenvalue weighted by Crippen LogP contribution is 2.26. The van der Waals surface area contributed by atoms with E-state index in [2.05, 4.69) is 40.9 Å². The molecule has 14 heavy (non-hydrogen) atoms. The van der Waals surface area contributed by atoms with Gasteiger partial charge in [0.15, 0.2) is 0 Å². The van der Waals surface area contributed by atoms with E-state index in [1.165, 1.54) is 16.6 Å². The summed E-state index contributed by atoms with van der Waals surface area (Å²) in [6.45, 7) is 4.22. The van der Waals surface area contributed by atoms with Crippen molar-refractivity contribution in [2.45, 2.75) is 13.8 Å². The van der Waals surface area contributed by atoms with E-state index in [1.54, 1.807) is 6.33 Å². The molecule has 3 rings (SSSR count). The Hall–Kier alpha value is -1.77. The lowest BCUT2D eigenvalue weighted by Crippen LogP contribution is -1.73. The van der Waals surface area contributed by atoms with E-state index in [0.29, 0.717) is 0 Å². The molecule has 0 aliphatic heterocycles. The van der Waals surface area contributed by atoms with Gasteiger partial charge in [0.25, 0.3) is 0 Å². The number of H-pyrrole nitrogens is 2. The van der Waals surface area contributed by atoms with Gasteiger partial charge in [-0.1, -0.05) is 6.07 Å². The SMILES string of the molecule is Cc1[nH]c2c(ccc3[nH]cnc32)c1C. The molecule has 3 nitrogen and oxygen atoms in total. The molecule has 0 aliphatic carbocycles. The Bertz CT molecular complexity index is 616. The Morgan fingerprint density at radius 1 is 1.21 bits per heavy atom. The fraction of sp³-hybridized carbons (Fsp3) is 0.182. The van der Waals surface area contributed by atoms with Crippen LogP contribution in [0.2, 0.25) is 0 Å². The van der Waals surface area contributed by atoms with Gasteiger partial charge in [0.05, 0.1) is 17.4 Å². The molecule has 0 radical (unpaired) electrons. The van der Waals surface area contributed by atoms with Gasteiger partial charge in [-0.15, -0.1) is 0 Å². The number of benzene rings is 1. The van der Waals surface area contributed by atoms with Crippen molar-refractivity contribution in [3.8, 4) is 0 Å². The molecule has 2 N–H and O–H groups in total. The van der Waals surface area contributed by atoms with Gasteiger partial charge in [0.1, 0.15) is 5.52 Å². The number of aromatic amines is 2. The first-order valence-corrected chi connectivity index (χ1v) is 4.68. The summed E-state index contributed by atoms with van der Waals surface area (Å²) in [5.74, 6) is 0. The summed E-state index contributed by atoms with van der Waals surface area (Å²) in [5.41, 5.74) is 5.77. The molecule has 0 atom stereocenters. The number of nitrogens with zero attached hydrogens (tertiary/aromatic N) is 1. The third-order valence-electron chi connectivity index (χ3n) is 2.87. The molecule has 3 aromatic rings. The van der Waals surface area contributed by atoms with Crippen LogP contribution in [-0.2, 0) is 0 Å². The summed E-state index contributed by atoms with van der Waals surface area (Å²) in [6, 6.07) is 4.21. The van der Waals surface area contributed by atoms with E-state index in [1.807, 2.05) is 0 Å². The molecule has 0 spiro atoms. The number of rotatable bonds is 0. The molecular formula is C11H11N3. The maximum Gasteiger partial charge on any atom is 0.112 e. The largest absolute Gasteiger partial charge is 0.357 e. The molecule has 3 heteroatoms. The van der Waals surface area contributed by atoms with Gasteiger partial charge in [-0.25, -0.2) is 4.98 Å². The van der Waals surface area contributed by atoms with Crippen LogP contribution >= 0.6 is 0 Å². The van der Waals surface area contributed by atoms with Crippen molar-refractivity contribution in [1.82, 2.24) is 15.0 Å². The third-order valence-corrected chi connectivity index (χ3v) is 2.87. The van der Waals surface area contributed by atoms with Crippen molar-refractivity contribution >= 4 is 21.9 Å². The van der Waals surface area contributed by atoms with Gasteiger partial charge in [0.2, 0.25) is 0 Å². The van der Waals surface area contributed by atoms with Crippen molar-refractivity contribution in [2.75, 3.05) is 0 Å². The molecule has 70 valence electrons. The van der Waals surface area contributed by atoms with Crippen LogP contribution in [0.3, 0.4) is 0 Å². The van der Waals surface area contributed by atoms with Crippen molar-refractivity contribution in [1.29, 1.82) is 0 Å². The highest BCUT2D eigenvalue weighted by atomic mass is 14.9. The smallest absolute Gasteiger partial charge is 0.112 e. The Morgan fingerprint density at radius 2 is 2.07 bits per heavy atom. The summed E-state index contributed by atoms with van der Waals surface area (Å²) >= 11 is 0. The van der Waals surface area contributed by atoms with Gasteiger partial charge in [0, 0.05) is 11.1 Å². The summed E-state index contributed by atoms with van der Waals surface area (Å²) in [4.78, 5) is 10.8. The molecule has 0 bridgehead atoms. The average molecular weight is 185 g/mol. The van der Waals surface area contributed by atoms with Crippen molar-refractivity contribution in [3.63, 3.8) is 0 Å². The van der Waals surface area contributed by atoms with E-state index in [0.717, 1.165) is 16.6 Å². The maximum absolute atomic E-state index is 4.31. The average Bonchev–Trinajstić information content (AvgIpc) is 2.73. The fourth-order valence-corrected chi connectivity index (χ4v) is 1.93. The van der Waals surface area contributed by atoms with E-state index < -0.39 is 0 Å². The lowest BCUT2D eigenvalue weighted by atomic mass is 10.1. The second kappa shape index (κ2) is 2.38. The topological polar surface area (TPSA) is 44.5 Å². The zero-order valence-corrected chi connectivity index (χ0v) is 8.18. The van der Waals surface area contributed by atoms with Crippen LogP contribution in [0, 0.1) is 13.8 Å². The lowest BCUT2D eigenvalue weighted by Gasteiger charge is -1.92. The number of imidazole rings is 1. The molecule has 0 fully saturated rings. The minimum atomic E-state index is 1.03. The molecule has 2 aromatic heterocycles. The van der Waals surface area contributed by atoms with Crippen molar-refractivity contribution in [2.24, 2.45) is 0 Å². The summed E-state index contributed by atoms with van der Waals surface area (Å²) in [6.07, 6.45) is 1.73. The predicted octanol–water partition coefficient (Wildman–Crippen LogP) is 2.66. The summed E-state index contributed by atoms with van der Waals surface area (Å²) in [7, 11) is 0. The number of aryl methyl sites for hydroxylation is 2. The van der Waals surface area contributed by atoms with Crippen molar-refractivity contribution < 1.29 is 0 Å². The first kappa shape index (κ1) is 7.62. The van der Waals surface area contributed by atoms with Crippen LogP contribution in [-0.4, -0.2) is 15.0 Å². The van der Waals surface area contributed by atoms with E-state index in [9.17, 15) is 0 Å². The minimum Gasteiger partial charge on any atom is -0.357 e. The second-order valence-corrected chi connectivity index (χ2v) is 3.66. The normalized spacial score (nSPS) is 11.6. The number of hydrogen-bond acceptors (Lipinski definition) is 1. The monoisotopic (exact) mass is 185 g/mol. The first-order valence-electron chi connectivity index (χ1n) is 4.68. The van der Waals surface area contributed by atoms with E-state index in [-0.39, 0.29) is 0 Å². The number of aromatic nitrogens is 3. The minimum absolute atomic E-state index is 1.03. The molecule has 2 heterocycles. The van der Waals surface area contributed by atoms with Crippen LogP contribution in [0.15, 0.2) is 18.5 Å². The van der Waals surface area contributed by atoms with E-state index >= 15 is 0 Å². The van der Waals surface area contributed by atoms with E-state index in [4.69, 9.17) is 0 Å². The molecule has 1 aromatic carbocycles. The maximum atomic E-state index is 4.31. The highest BCUT2D eigenvalue weighted by Gasteiger charge is 2.08. The standard InChI is InChI=1S/C11H11N3/c1-6-7(2)14-10-8(6)3-4-9-11(10)13-5-12-9/h3-5,14H,1-2H3,(H,12,13). The van der Waals surface area contributed by atoms with Crippen LogP contribution < -0.4 is 0 Å². The van der Waals surface area contributed by atoms with Crippen LogP contribution in [0.5, 0.6) is 0 Å². The molecule has 0 saturated carbocycles. The molecular weight excluding hydrogens is 174 g/mol. The Balaban J connectivity index is 2.63. The molecule has 0 saturated heterocycles. The zero-order chi connectivity index (χ0) is 9.71. The first-order chi connectivity index (χ1) is 6.77.